The van der Waals surface area contributed by atoms with Crippen LogP contribution in [0.4, 0.5) is 5.69 Å². The highest BCUT2D eigenvalue weighted by Crippen LogP contribution is 2.25. The molecular weight excluding hydrogens is 283 g/mol. The molecule has 98 valence electrons. The molecular formula is C14H12Cl2N2O. The van der Waals surface area contributed by atoms with E-state index in [1.54, 1.807) is 18.3 Å². The third kappa shape index (κ3) is 3.70. The lowest BCUT2D eigenvalue weighted by Gasteiger charge is -2.05. The van der Waals surface area contributed by atoms with Crippen molar-refractivity contribution in [2.45, 2.75) is 6.61 Å². The number of hydrogen-bond donors (Lipinski definition) is 2. The second kappa shape index (κ2) is 6.57. The molecule has 0 spiro atoms. The predicted octanol–water partition coefficient (Wildman–Crippen LogP) is 3.93. The lowest BCUT2D eigenvalue weighted by atomic mass is 10.1. The quantitative estimate of drug-likeness (QED) is 0.663. The minimum Gasteiger partial charge on any atom is -0.392 e. The van der Waals surface area contributed by atoms with Crippen LogP contribution in [-0.4, -0.2) is 11.3 Å². The lowest BCUT2D eigenvalue weighted by Crippen LogP contribution is -1.94. The Bertz CT molecular complexity index is 562. The van der Waals surface area contributed by atoms with Crippen molar-refractivity contribution in [2.75, 3.05) is 5.43 Å². The standard InChI is InChI=1S/C14H12Cl2N2O/c15-13-6-10(9-19)7-14(16)12(13)8-17-18-11-4-2-1-3-5-11/h1-8,18-19H,9H2. The Kier molecular flexibility index (Phi) is 4.80. The van der Waals surface area contributed by atoms with Crippen LogP contribution in [0.25, 0.3) is 0 Å². The van der Waals surface area contributed by atoms with Gasteiger partial charge in [0.2, 0.25) is 0 Å². The van der Waals surface area contributed by atoms with Gasteiger partial charge in [-0.05, 0) is 29.8 Å². The van der Waals surface area contributed by atoms with Crippen molar-refractivity contribution in [3.05, 3.63) is 63.6 Å². The summed E-state index contributed by atoms with van der Waals surface area (Å²) in [4.78, 5) is 0. The number of hydrogen-bond acceptors (Lipinski definition) is 3. The molecule has 5 heteroatoms. The topological polar surface area (TPSA) is 44.6 Å². The molecule has 19 heavy (non-hydrogen) atoms. The lowest BCUT2D eigenvalue weighted by molar-refractivity contribution is 0.282. The number of aliphatic hydroxyl groups excluding tert-OH is 1. The van der Waals surface area contributed by atoms with Crippen molar-refractivity contribution in [3.8, 4) is 0 Å². The highest BCUT2D eigenvalue weighted by atomic mass is 35.5. The van der Waals surface area contributed by atoms with Crippen LogP contribution in [0.3, 0.4) is 0 Å². The van der Waals surface area contributed by atoms with Crippen molar-refractivity contribution < 1.29 is 5.11 Å². The molecule has 0 aliphatic heterocycles. The fourth-order valence-electron chi connectivity index (χ4n) is 1.54. The Morgan fingerprint density at radius 3 is 2.32 bits per heavy atom. The van der Waals surface area contributed by atoms with Crippen LogP contribution in [0.15, 0.2) is 47.6 Å². The summed E-state index contributed by atoms with van der Waals surface area (Å²) in [7, 11) is 0. The summed E-state index contributed by atoms with van der Waals surface area (Å²) in [5, 5.41) is 14.0. The molecule has 2 aromatic carbocycles. The molecule has 2 rings (SSSR count). The Hall–Kier alpha value is -1.55. The Morgan fingerprint density at radius 2 is 1.74 bits per heavy atom. The number of halogens is 2. The fraction of sp³-hybridized carbons (Fsp3) is 0.0714. The van der Waals surface area contributed by atoms with E-state index < -0.39 is 0 Å². The van der Waals surface area contributed by atoms with E-state index in [9.17, 15) is 0 Å². The minimum atomic E-state index is -0.0981. The maximum atomic E-state index is 9.04. The van der Waals surface area contributed by atoms with Crippen LogP contribution in [0.5, 0.6) is 0 Å². The third-order valence-corrected chi connectivity index (χ3v) is 3.11. The van der Waals surface area contributed by atoms with Crippen LogP contribution in [0, 0.1) is 0 Å². The van der Waals surface area contributed by atoms with Gasteiger partial charge in [-0.3, -0.25) is 5.43 Å². The number of aliphatic hydroxyl groups is 1. The summed E-state index contributed by atoms with van der Waals surface area (Å²) < 4.78 is 0. The highest BCUT2D eigenvalue weighted by molar-refractivity contribution is 6.38. The second-order valence-electron chi connectivity index (χ2n) is 3.87. The smallest absolute Gasteiger partial charge is 0.0682 e. The Balaban J connectivity index is 2.15. The van der Waals surface area contributed by atoms with Gasteiger partial charge in [-0.25, -0.2) is 0 Å². The molecule has 2 aromatic rings. The Labute approximate surface area is 121 Å². The van der Waals surface area contributed by atoms with Crippen molar-refractivity contribution in [3.63, 3.8) is 0 Å². The van der Waals surface area contributed by atoms with Crippen molar-refractivity contribution >= 4 is 35.1 Å². The summed E-state index contributed by atoms with van der Waals surface area (Å²) in [6, 6.07) is 12.9. The first-order valence-corrected chi connectivity index (χ1v) is 6.39. The van der Waals surface area contributed by atoms with Gasteiger partial charge in [-0.2, -0.15) is 5.10 Å². The summed E-state index contributed by atoms with van der Waals surface area (Å²) in [5.41, 5.74) is 5.04. The fourth-order valence-corrected chi connectivity index (χ4v) is 2.17. The summed E-state index contributed by atoms with van der Waals surface area (Å²) in [6.07, 6.45) is 1.55. The first-order valence-electron chi connectivity index (χ1n) is 5.63. The van der Waals surface area contributed by atoms with Crippen LogP contribution >= 0.6 is 23.2 Å². The molecule has 0 bridgehead atoms. The number of para-hydroxylation sites is 1. The van der Waals surface area contributed by atoms with E-state index in [-0.39, 0.29) is 6.61 Å². The maximum absolute atomic E-state index is 9.04. The van der Waals surface area contributed by atoms with Gasteiger partial charge in [0, 0.05) is 5.56 Å². The van der Waals surface area contributed by atoms with Gasteiger partial charge >= 0.3 is 0 Å². The van der Waals surface area contributed by atoms with Gasteiger partial charge in [-0.15, -0.1) is 0 Å². The monoisotopic (exact) mass is 294 g/mol. The average molecular weight is 295 g/mol. The number of rotatable bonds is 4. The first kappa shape index (κ1) is 13.9. The van der Waals surface area contributed by atoms with E-state index in [0.29, 0.717) is 21.2 Å². The molecule has 0 aromatic heterocycles. The van der Waals surface area contributed by atoms with E-state index in [2.05, 4.69) is 10.5 Å². The zero-order valence-electron chi connectivity index (χ0n) is 9.98. The van der Waals surface area contributed by atoms with E-state index >= 15 is 0 Å². The average Bonchev–Trinajstić information content (AvgIpc) is 2.42. The Morgan fingerprint density at radius 1 is 1.11 bits per heavy atom. The number of benzene rings is 2. The SMILES string of the molecule is OCc1cc(Cl)c(C=NNc2ccccc2)c(Cl)c1. The minimum absolute atomic E-state index is 0.0981. The van der Waals surface area contributed by atoms with Crippen LogP contribution < -0.4 is 5.43 Å². The molecule has 0 atom stereocenters. The largest absolute Gasteiger partial charge is 0.392 e. The molecule has 0 saturated heterocycles. The van der Waals surface area contributed by atoms with Gasteiger partial charge in [0.15, 0.2) is 0 Å². The van der Waals surface area contributed by atoms with Crippen molar-refractivity contribution in [1.82, 2.24) is 0 Å². The van der Waals surface area contributed by atoms with Crippen LogP contribution in [0.1, 0.15) is 11.1 Å². The number of hydrazone groups is 1. The molecule has 0 aliphatic carbocycles. The molecule has 0 fully saturated rings. The zero-order valence-corrected chi connectivity index (χ0v) is 11.5. The first-order chi connectivity index (χ1) is 9.20. The van der Waals surface area contributed by atoms with E-state index in [1.165, 1.54) is 0 Å². The predicted molar refractivity (Wildman–Crippen MR) is 80.0 cm³/mol. The number of nitrogens with zero attached hydrogens (tertiary/aromatic N) is 1. The molecule has 0 heterocycles. The van der Waals surface area contributed by atoms with Gasteiger partial charge in [0.1, 0.15) is 0 Å². The molecule has 2 N–H and O–H groups in total. The van der Waals surface area contributed by atoms with Gasteiger partial charge < -0.3 is 5.11 Å². The maximum Gasteiger partial charge on any atom is 0.0682 e. The van der Waals surface area contributed by atoms with Crippen LogP contribution in [0.2, 0.25) is 10.0 Å². The van der Waals surface area contributed by atoms with E-state index in [0.717, 1.165) is 5.69 Å². The third-order valence-electron chi connectivity index (χ3n) is 2.48. The molecule has 0 unspecified atom stereocenters. The number of anilines is 1. The van der Waals surface area contributed by atoms with Crippen molar-refractivity contribution in [2.24, 2.45) is 5.10 Å². The zero-order chi connectivity index (χ0) is 13.7. The summed E-state index contributed by atoms with van der Waals surface area (Å²) >= 11 is 12.2. The van der Waals surface area contributed by atoms with Crippen LogP contribution in [-0.2, 0) is 6.61 Å². The van der Waals surface area contributed by atoms with Gasteiger partial charge in [0.05, 0.1) is 28.6 Å². The van der Waals surface area contributed by atoms with E-state index in [4.69, 9.17) is 28.3 Å². The molecule has 0 saturated carbocycles. The normalized spacial score (nSPS) is 10.9. The molecule has 0 radical (unpaired) electrons. The van der Waals surface area contributed by atoms with E-state index in [1.807, 2.05) is 30.3 Å². The number of nitrogens with one attached hydrogen (secondary N) is 1. The molecule has 3 nitrogen and oxygen atoms in total. The summed E-state index contributed by atoms with van der Waals surface area (Å²) in [6.45, 7) is -0.0981. The summed E-state index contributed by atoms with van der Waals surface area (Å²) in [5.74, 6) is 0. The molecule has 0 amide bonds. The van der Waals surface area contributed by atoms with Gasteiger partial charge in [-0.1, -0.05) is 41.4 Å². The van der Waals surface area contributed by atoms with Gasteiger partial charge in [0.25, 0.3) is 0 Å². The van der Waals surface area contributed by atoms with Crippen molar-refractivity contribution in [1.29, 1.82) is 0 Å². The molecule has 0 aliphatic rings. The highest BCUT2D eigenvalue weighted by Gasteiger charge is 2.05. The second-order valence-corrected chi connectivity index (χ2v) is 4.68.